The second kappa shape index (κ2) is 4.28. The SMILES string of the molecule is COC(=O)C1CC(C)C(OC)(OC)C1. The maximum Gasteiger partial charge on any atom is 0.308 e. The van der Waals surface area contributed by atoms with Crippen LogP contribution in [-0.4, -0.2) is 33.1 Å². The zero-order valence-electron chi connectivity index (χ0n) is 9.20. The third-order valence-corrected chi connectivity index (χ3v) is 3.15. The standard InChI is InChI=1S/C10H18O4/c1-7-5-8(9(11)12-2)6-10(7,13-3)14-4/h7-8H,5-6H2,1-4H3. The van der Waals surface area contributed by atoms with Crippen molar-refractivity contribution in [1.82, 2.24) is 0 Å². The molecule has 4 nitrogen and oxygen atoms in total. The third kappa shape index (κ3) is 1.77. The molecule has 0 N–H and O–H groups in total. The molecule has 0 bridgehead atoms. The highest BCUT2D eigenvalue weighted by Crippen LogP contribution is 2.42. The second-order valence-electron chi connectivity index (χ2n) is 3.78. The Morgan fingerprint density at radius 3 is 2.21 bits per heavy atom. The Morgan fingerprint density at radius 2 is 1.86 bits per heavy atom. The van der Waals surface area contributed by atoms with E-state index in [4.69, 9.17) is 14.2 Å². The molecular weight excluding hydrogens is 184 g/mol. The van der Waals surface area contributed by atoms with Gasteiger partial charge in [-0.15, -0.1) is 0 Å². The quantitative estimate of drug-likeness (QED) is 0.509. The number of carbonyl (C=O) groups is 1. The highest BCUT2D eigenvalue weighted by atomic mass is 16.7. The number of esters is 1. The molecule has 1 aliphatic carbocycles. The first kappa shape index (κ1) is 11.5. The predicted octanol–water partition coefficient (Wildman–Crippen LogP) is 1.19. The van der Waals surface area contributed by atoms with Crippen LogP contribution in [0.3, 0.4) is 0 Å². The Bertz CT molecular complexity index is 210. The normalized spacial score (nSPS) is 30.3. The first-order chi connectivity index (χ1) is 6.59. The molecule has 0 aliphatic heterocycles. The van der Waals surface area contributed by atoms with Crippen LogP contribution in [0.5, 0.6) is 0 Å². The predicted molar refractivity (Wildman–Crippen MR) is 50.7 cm³/mol. The fourth-order valence-electron chi connectivity index (χ4n) is 2.23. The molecule has 1 rings (SSSR count). The zero-order chi connectivity index (χ0) is 10.8. The van der Waals surface area contributed by atoms with Crippen molar-refractivity contribution >= 4 is 5.97 Å². The van der Waals surface area contributed by atoms with Crippen molar-refractivity contribution in [3.05, 3.63) is 0 Å². The molecule has 1 fully saturated rings. The Labute approximate surface area is 84.5 Å². The van der Waals surface area contributed by atoms with Crippen LogP contribution < -0.4 is 0 Å². The topological polar surface area (TPSA) is 44.8 Å². The van der Waals surface area contributed by atoms with Gasteiger partial charge in [0.1, 0.15) is 0 Å². The third-order valence-electron chi connectivity index (χ3n) is 3.15. The monoisotopic (exact) mass is 202 g/mol. The molecule has 0 aromatic carbocycles. The summed E-state index contributed by atoms with van der Waals surface area (Å²) in [6.45, 7) is 2.02. The second-order valence-corrected chi connectivity index (χ2v) is 3.78. The van der Waals surface area contributed by atoms with E-state index < -0.39 is 5.79 Å². The van der Waals surface area contributed by atoms with E-state index in [0.29, 0.717) is 6.42 Å². The van der Waals surface area contributed by atoms with E-state index >= 15 is 0 Å². The molecule has 2 atom stereocenters. The molecule has 0 amide bonds. The summed E-state index contributed by atoms with van der Waals surface area (Å²) in [4.78, 5) is 11.3. The number of rotatable bonds is 3. The van der Waals surface area contributed by atoms with Crippen LogP contribution in [-0.2, 0) is 19.0 Å². The summed E-state index contributed by atoms with van der Waals surface area (Å²) >= 11 is 0. The van der Waals surface area contributed by atoms with Crippen LogP contribution in [0.25, 0.3) is 0 Å². The zero-order valence-corrected chi connectivity index (χ0v) is 9.20. The van der Waals surface area contributed by atoms with Crippen molar-refractivity contribution in [3.8, 4) is 0 Å². The summed E-state index contributed by atoms with van der Waals surface area (Å²) < 4.78 is 15.4. The summed E-state index contributed by atoms with van der Waals surface area (Å²) in [6.07, 6.45) is 1.34. The number of hydrogen-bond donors (Lipinski definition) is 0. The number of ether oxygens (including phenoxy) is 3. The minimum absolute atomic E-state index is 0.102. The van der Waals surface area contributed by atoms with Gasteiger partial charge in [0.2, 0.25) is 0 Å². The molecule has 0 aromatic heterocycles. The van der Waals surface area contributed by atoms with Crippen LogP contribution in [0.2, 0.25) is 0 Å². The minimum Gasteiger partial charge on any atom is -0.469 e. The maximum absolute atomic E-state index is 11.3. The van der Waals surface area contributed by atoms with Crippen LogP contribution in [0.15, 0.2) is 0 Å². The van der Waals surface area contributed by atoms with E-state index in [9.17, 15) is 4.79 Å². The van der Waals surface area contributed by atoms with Gasteiger partial charge in [-0.05, 0) is 6.42 Å². The van der Waals surface area contributed by atoms with Crippen LogP contribution in [0.1, 0.15) is 19.8 Å². The highest BCUT2D eigenvalue weighted by Gasteiger charge is 2.48. The summed E-state index contributed by atoms with van der Waals surface area (Å²) in [5.74, 6) is -0.678. The van der Waals surface area contributed by atoms with Gasteiger partial charge < -0.3 is 14.2 Å². The van der Waals surface area contributed by atoms with Crippen molar-refractivity contribution in [2.24, 2.45) is 11.8 Å². The minimum atomic E-state index is -0.612. The Morgan fingerprint density at radius 1 is 1.29 bits per heavy atom. The van der Waals surface area contributed by atoms with Crippen molar-refractivity contribution in [2.45, 2.75) is 25.6 Å². The van der Waals surface area contributed by atoms with Crippen LogP contribution >= 0.6 is 0 Å². The lowest BCUT2D eigenvalue weighted by atomic mass is 10.1. The van der Waals surface area contributed by atoms with Gasteiger partial charge in [-0.1, -0.05) is 6.92 Å². The highest BCUT2D eigenvalue weighted by molar-refractivity contribution is 5.72. The fraction of sp³-hybridized carbons (Fsp3) is 0.900. The lowest BCUT2D eigenvalue weighted by molar-refractivity contribution is -0.225. The first-order valence-electron chi connectivity index (χ1n) is 4.77. The summed E-state index contributed by atoms with van der Waals surface area (Å²) in [5, 5.41) is 0. The molecule has 14 heavy (non-hydrogen) atoms. The smallest absolute Gasteiger partial charge is 0.308 e. The average Bonchev–Trinajstić information content (AvgIpc) is 2.55. The van der Waals surface area contributed by atoms with E-state index in [-0.39, 0.29) is 17.8 Å². The van der Waals surface area contributed by atoms with Crippen LogP contribution in [0.4, 0.5) is 0 Å². The van der Waals surface area contributed by atoms with Gasteiger partial charge in [-0.2, -0.15) is 0 Å². The van der Waals surface area contributed by atoms with E-state index in [0.717, 1.165) is 6.42 Å². The molecular formula is C10H18O4. The molecule has 4 heteroatoms. The van der Waals surface area contributed by atoms with E-state index in [1.807, 2.05) is 6.92 Å². The van der Waals surface area contributed by atoms with Gasteiger partial charge in [0.05, 0.1) is 13.0 Å². The summed E-state index contributed by atoms with van der Waals surface area (Å²) in [5.41, 5.74) is 0. The Hall–Kier alpha value is -0.610. The first-order valence-corrected chi connectivity index (χ1v) is 4.77. The van der Waals surface area contributed by atoms with Crippen molar-refractivity contribution in [3.63, 3.8) is 0 Å². The lowest BCUT2D eigenvalue weighted by Crippen LogP contribution is -2.36. The largest absolute Gasteiger partial charge is 0.469 e. The van der Waals surface area contributed by atoms with Gasteiger partial charge in [-0.25, -0.2) is 0 Å². The lowest BCUT2D eigenvalue weighted by Gasteiger charge is -2.30. The van der Waals surface area contributed by atoms with Crippen molar-refractivity contribution in [1.29, 1.82) is 0 Å². The van der Waals surface area contributed by atoms with Crippen molar-refractivity contribution in [2.75, 3.05) is 21.3 Å². The number of hydrogen-bond acceptors (Lipinski definition) is 4. The Balaban J connectivity index is 2.72. The van der Waals surface area contributed by atoms with Gasteiger partial charge in [0, 0.05) is 26.6 Å². The van der Waals surface area contributed by atoms with Gasteiger partial charge in [0.15, 0.2) is 5.79 Å². The van der Waals surface area contributed by atoms with Crippen LogP contribution in [0, 0.1) is 11.8 Å². The number of methoxy groups -OCH3 is 3. The fourth-order valence-corrected chi connectivity index (χ4v) is 2.23. The number of carbonyl (C=O) groups excluding carboxylic acids is 1. The van der Waals surface area contributed by atoms with E-state index in [2.05, 4.69) is 0 Å². The molecule has 0 spiro atoms. The average molecular weight is 202 g/mol. The van der Waals surface area contributed by atoms with Gasteiger partial charge in [-0.3, -0.25) is 4.79 Å². The molecule has 0 radical (unpaired) electrons. The van der Waals surface area contributed by atoms with E-state index in [1.54, 1.807) is 14.2 Å². The molecule has 1 aliphatic rings. The summed E-state index contributed by atoms with van der Waals surface area (Å²) in [7, 11) is 4.63. The van der Waals surface area contributed by atoms with Crippen molar-refractivity contribution < 1.29 is 19.0 Å². The molecule has 0 saturated heterocycles. The van der Waals surface area contributed by atoms with Gasteiger partial charge in [0.25, 0.3) is 0 Å². The molecule has 82 valence electrons. The van der Waals surface area contributed by atoms with Gasteiger partial charge >= 0.3 is 5.97 Å². The summed E-state index contributed by atoms with van der Waals surface area (Å²) in [6, 6.07) is 0. The molecule has 1 saturated carbocycles. The Kier molecular flexibility index (Phi) is 3.50. The maximum atomic E-state index is 11.3. The van der Waals surface area contributed by atoms with E-state index in [1.165, 1.54) is 7.11 Å². The molecule has 0 heterocycles. The molecule has 2 unspecified atom stereocenters. The molecule has 0 aromatic rings.